The number of nitrogens with one attached hydrogen (secondary N) is 1. The number of likely N-dealkylation sites (N-methyl/N-ethyl adjacent to an activating group) is 1. The topological polar surface area (TPSA) is 34.0 Å². The third-order valence-electron chi connectivity index (χ3n) is 3.46. The van der Waals surface area contributed by atoms with E-state index in [9.17, 15) is 4.79 Å². The average Bonchev–Trinajstić information content (AvgIpc) is 2.40. The van der Waals surface area contributed by atoms with E-state index in [4.69, 9.17) is 4.74 Å². The third-order valence-corrected chi connectivity index (χ3v) is 4.35. The largest absolute Gasteiger partial charge is 0.484 e. The number of carbonyl (C=O) groups is 1. The molecule has 0 aromatic heterocycles. The van der Waals surface area contributed by atoms with E-state index in [-0.39, 0.29) is 12.5 Å². The molecule has 0 aliphatic carbocycles. The monoisotopic (exact) mass is 327 g/mol. The van der Waals surface area contributed by atoms with E-state index in [1.54, 1.807) is 0 Å². The van der Waals surface area contributed by atoms with Gasteiger partial charge in [-0.25, -0.2) is 0 Å². The lowest BCUT2D eigenvalue weighted by atomic mass is 10.2. The quantitative estimate of drug-likeness (QED) is 0.877. The van der Waals surface area contributed by atoms with Crippen molar-refractivity contribution in [1.82, 2.24) is 4.90 Å². The van der Waals surface area contributed by atoms with Crippen LogP contribution in [-0.2, 0) is 4.79 Å². The zero-order chi connectivity index (χ0) is 13.8. The molecule has 0 radical (unpaired) electrons. The SMILES string of the molecule is Cc1cc(OCC(=O)N2CC[NH+](C)CC2)ccc1Br. The number of rotatable bonds is 3. The first-order chi connectivity index (χ1) is 9.06. The molecule has 1 aliphatic heterocycles. The van der Waals surface area contributed by atoms with Gasteiger partial charge in [0.25, 0.3) is 5.91 Å². The fourth-order valence-corrected chi connectivity index (χ4v) is 2.33. The lowest BCUT2D eigenvalue weighted by Gasteiger charge is -2.30. The summed E-state index contributed by atoms with van der Waals surface area (Å²) in [5.74, 6) is 0.821. The average molecular weight is 328 g/mol. The van der Waals surface area contributed by atoms with E-state index < -0.39 is 0 Å². The molecular formula is C14H20BrN2O2+. The Morgan fingerprint density at radius 3 is 2.74 bits per heavy atom. The van der Waals surface area contributed by atoms with Crippen LogP contribution in [0.25, 0.3) is 0 Å². The minimum absolute atomic E-state index is 0.0769. The molecule has 4 nitrogen and oxygen atoms in total. The third kappa shape index (κ3) is 3.94. The zero-order valence-corrected chi connectivity index (χ0v) is 13.0. The molecule has 1 heterocycles. The van der Waals surface area contributed by atoms with Crippen molar-refractivity contribution in [3.8, 4) is 5.75 Å². The highest BCUT2D eigenvalue weighted by atomic mass is 79.9. The van der Waals surface area contributed by atoms with Crippen molar-refractivity contribution in [2.45, 2.75) is 6.92 Å². The fourth-order valence-electron chi connectivity index (χ4n) is 2.08. The Labute approximate surface area is 122 Å². The summed E-state index contributed by atoms with van der Waals surface area (Å²) in [6.07, 6.45) is 0. The number of hydrogen-bond acceptors (Lipinski definition) is 2. The number of piperazine rings is 1. The summed E-state index contributed by atoms with van der Waals surface area (Å²) >= 11 is 3.44. The highest BCUT2D eigenvalue weighted by molar-refractivity contribution is 9.10. The van der Waals surface area contributed by atoms with Gasteiger partial charge in [-0.2, -0.15) is 0 Å². The molecule has 1 aromatic rings. The van der Waals surface area contributed by atoms with E-state index >= 15 is 0 Å². The highest BCUT2D eigenvalue weighted by Gasteiger charge is 2.21. The number of quaternary nitrogens is 1. The van der Waals surface area contributed by atoms with Crippen LogP contribution in [0.2, 0.25) is 0 Å². The molecule has 1 saturated heterocycles. The van der Waals surface area contributed by atoms with Gasteiger partial charge < -0.3 is 14.5 Å². The molecule has 0 bridgehead atoms. The summed E-state index contributed by atoms with van der Waals surface area (Å²) < 4.78 is 6.61. The van der Waals surface area contributed by atoms with Crippen LogP contribution >= 0.6 is 15.9 Å². The van der Waals surface area contributed by atoms with Crippen LogP contribution in [0.4, 0.5) is 0 Å². The van der Waals surface area contributed by atoms with Crippen molar-refractivity contribution in [3.63, 3.8) is 0 Å². The number of nitrogens with zero attached hydrogens (tertiary/aromatic N) is 1. The van der Waals surface area contributed by atoms with Crippen LogP contribution in [0.5, 0.6) is 5.75 Å². The van der Waals surface area contributed by atoms with Crippen molar-refractivity contribution >= 4 is 21.8 Å². The van der Waals surface area contributed by atoms with Gasteiger partial charge in [-0.05, 0) is 30.7 Å². The minimum Gasteiger partial charge on any atom is -0.484 e. The molecule has 1 amide bonds. The molecule has 1 fully saturated rings. The second kappa shape index (κ2) is 6.39. The molecule has 1 N–H and O–H groups in total. The normalized spacial score (nSPS) is 16.5. The molecule has 1 aliphatic rings. The number of ether oxygens (including phenoxy) is 1. The van der Waals surface area contributed by atoms with Crippen molar-refractivity contribution in [2.24, 2.45) is 0 Å². The Bertz CT molecular complexity index is 457. The van der Waals surface area contributed by atoms with Gasteiger partial charge in [0.05, 0.1) is 33.2 Å². The number of hydrogen-bond donors (Lipinski definition) is 1. The summed E-state index contributed by atoms with van der Waals surface area (Å²) in [5.41, 5.74) is 1.10. The first kappa shape index (κ1) is 14.3. The lowest BCUT2D eigenvalue weighted by Crippen LogP contribution is -3.12. The maximum Gasteiger partial charge on any atom is 0.260 e. The van der Waals surface area contributed by atoms with Crippen LogP contribution in [0.3, 0.4) is 0 Å². The summed E-state index contributed by atoms with van der Waals surface area (Å²) in [6.45, 7) is 5.81. The number of aryl methyl sites for hydroxylation is 1. The molecule has 1 aromatic carbocycles. The van der Waals surface area contributed by atoms with Gasteiger partial charge in [-0.15, -0.1) is 0 Å². The molecule has 0 saturated carbocycles. The van der Waals surface area contributed by atoms with Gasteiger partial charge in [0, 0.05) is 4.47 Å². The first-order valence-electron chi connectivity index (χ1n) is 6.54. The van der Waals surface area contributed by atoms with Crippen LogP contribution in [0.1, 0.15) is 5.56 Å². The summed E-state index contributed by atoms with van der Waals surface area (Å²) in [7, 11) is 2.16. The van der Waals surface area contributed by atoms with Crippen LogP contribution in [0, 0.1) is 6.92 Å². The zero-order valence-electron chi connectivity index (χ0n) is 11.4. The lowest BCUT2D eigenvalue weighted by molar-refractivity contribution is -0.883. The maximum absolute atomic E-state index is 12.0. The molecule has 19 heavy (non-hydrogen) atoms. The standard InChI is InChI=1S/C14H19BrN2O2/c1-11-9-12(3-4-13(11)15)19-10-14(18)17-7-5-16(2)6-8-17/h3-4,9H,5-8,10H2,1-2H3/p+1. The van der Waals surface area contributed by atoms with Gasteiger partial charge in [-0.1, -0.05) is 15.9 Å². The van der Waals surface area contributed by atoms with Crippen molar-refractivity contribution in [3.05, 3.63) is 28.2 Å². The van der Waals surface area contributed by atoms with Crippen LogP contribution in [0.15, 0.2) is 22.7 Å². The molecule has 5 heteroatoms. The molecule has 0 spiro atoms. The number of halogens is 1. The smallest absolute Gasteiger partial charge is 0.260 e. The van der Waals surface area contributed by atoms with E-state index in [1.165, 1.54) is 4.90 Å². The Kier molecular flexibility index (Phi) is 4.82. The van der Waals surface area contributed by atoms with Gasteiger partial charge in [-0.3, -0.25) is 4.79 Å². The Morgan fingerprint density at radius 1 is 1.42 bits per heavy atom. The van der Waals surface area contributed by atoms with E-state index in [0.29, 0.717) is 0 Å². The Hall–Kier alpha value is -1.07. The molecule has 0 unspecified atom stereocenters. The van der Waals surface area contributed by atoms with Gasteiger partial charge in [0.2, 0.25) is 0 Å². The summed E-state index contributed by atoms with van der Waals surface area (Å²) in [4.78, 5) is 15.4. The Morgan fingerprint density at radius 2 is 2.11 bits per heavy atom. The second-order valence-electron chi connectivity index (χ2n) is 5.04. The Balaban J connectivity index is 1.84. The van der Waals surface area contributed by atoms with Crippen molar-refractivity contribution in [1.29, 1.82) is 0 Å². The maximum atomic E-state index is 12.0. The van der Waals surface area contributed by atoms with Crippen LogP contribution in [-0.4, -0.2) is 50.6 Å². The molecule has 0 atom stereocenters. The summed E-state index contributed by atoms with van der Waals surface area (Å²) in [5, 5.41) is 0. The van der Waals surface area contributed by atoms with Crippen molar-refractivity contribution < 1.29 is 14.4 Å². The second-order valence-corrected chi connectivity index (χ2v) is 5.89. The number of carbonyl (C=O) groups excluding carboxylic acids is 1. The van der Waals surface area contributed by atoms with Gasteiger partial charge in [0.1, 0.15) is 5.75 Å². The number of amides is 1. The van der Waals surface area contributed by atoms with E-state index in [0.717, 1.165) is 42.0 Å². The molecular weight excluding hydrogens is 308 g/mol. The fraction of sp³-hybridized carbons (Fsp3) is 0.500. The molecule has 104 valence electrons. The predicted molar refractivity (Wildman–Crippen MR) is 77.6 cm³/mol. The van der Waals surface area contributed by atoms with E-state index in [2.05, 4.69) is 23.0 Å². The minimum atomic E-state index is 0.0769. The summed E-state index contributed by atoms with van der Waals surface area (Å²) in [6, 6.07) is 5.75. The van der Waals surface area contributed by atoms with Crippen LogP contribution < -0.4 is 9.64 Å². The van der Waals surface area contributed by atoms with E-state index in [1.807, 2.05) is 30.0 Å². The van der Waals surface area contributed by atoms with Crippen molar-refractivity contribution in [2.75, 3.05) is 39.8 Å². The first-order valence-corrected chi connectivity index (χ1v) is 7.33. The molecule has 2 rings (SSSR count). The number of benzene rings is 1. The van der Waals surface area contributed by atoms with Gasteiger partial charge in [0.15, 0.2) is 6.61 Å². The highest BCUT2D eigenvalue weighted by Crippen LogP contribution is 2.21. The predicted octanol–water partition coefficient (Wildman–Crippen LogP) is 0.493. The van der Waals surface area contributed by atoms with Gasteiger partial charge >= 0.3 is 0 Å².